The van der Waals surface area contributed by atoms with Gasteiger partial charge in [-0.25, -0.2) is 4.39 Å². The lowest BCUT2D eigenvalue weighted by atomic mass is 10.1. The Kier molecular flexibility index (Phi) is 4.24. The van der Waals surface area contributed by atoms with Gasteiger partial charge in [0.25, 0.3) is 0 Å². The first-order valence-electron chi connectivity index (χ1n) is 6.67. The van der Waals surface area contributed by atoms with Crippen LogP contribution >= 0.6 is 0 Å². The van der Waals surface area contributed by atoms with Crippen LogP contribution in [0.2, 0.25) is 0 Å². The quantitative estimate of drug-likeness (QED) is 0.374. The molecular formula is C14H20FN3O. The molecule has 1 heterocycles. The highest BCUT2D eigenvalue weighted by atomic mass is 19.1. The minimum absolute atomic E-state index is 0.0747. The molecule has 19 heavy (non-hydrogen) atoms. The van der Waals surface area contributed by atoms with Crippen LogP contribution in [-0.4, -0.2) is 23.6 Å². The first-order chi connectivity index (χ1) is 9.13. The van der Waals surface area contributed by atoms with E-state index >= 15 is 0 Å². The van der Waals surface area contributed by atoms with Crippen LogP contribution in [0, 0.1) is 5.82 Å². The zero-order valence-electron chi connectivity index (χ0n) is 11.1. The monoisotopic (exact) mass is 265 g/mol. The molecule has 0 aromatic heterocycles. The standard InChI is InChI=1S/C14H20FN3O/c1-10-5-3-2-4-8-18(10)13-7-6-11(9-12(13)15)14(16)17-19/h6-7,9-10,19H,2-5,8H2,1H3,(H2,16,17). The number of benzene rings is 1. The topological polar surface area (TPSA) is 61.8 Å². The van der Waals surface area contributed by atoms with Crippen molar-refractivity contribution in [2.45, 2.75) is 38.6 Å². The van der Waals surface area contributed by atoms with Crippen molar-refractivity contribution in [3.8, 4) is 0 Å². The SMILES string of the molecule is CC1CCCCCN1c1ccc(C(N)=NO)cc1F. The van der Waals surface area contributed by atoms with Crippen molar-refractivity contribution in [2.24, 2.45) is 10.9 Å². The van der Waals surface area contributed by atoms with Gasteiger partial charge in [-0.05, 0) is 38.0 Å². The minimum Gasteiger partial charge on any atom is -0.409 e. The van der Waals surface area contributed by atoms with Gasteiger partial charge in [0.2, 0.25) is 0 Å². The van der Waals surface area contributed by atoms with Crippen molar-refractivity contribution in [3.05, 3.63) is 29.6 Å². The minimum atomic E-state index is -0.321. The van der Waals surface area contributed by atoms with E-state index in [1.54, 1.807) is 12.1 Å². The first kappa shape index (κ1) is 13.6. The lowest BCUT2D eigenvalue weighted by Crippen LogP contribution is -2.33. The second-order valence-electron chi connectivity index (χ2n) is 5.04. The summed E-state index contributed by atoms with van der Waals surface area (Å²) >= 11 is 0. The van der Waals surface area contributed by atoms with Crippen molar-refractivity contribution in [1.29, 1.82) is 0 Å². The predicted molar refractivity (Wildman–Crippen MR) is 74.2 cm³/mol. The van der Waals surface area contributed by atoms with Gasteiger partial charge in [0, 0.05) is 18.2 Å². The van der Waals surface area contributed by atoms with Crippen molar-refractivity contribution in [1.82, 2.24) is 0 Å². The number of hydrogen-bond donors (Lipinski definition) is 2. The molecule has 3 N–H and O–H groups in total. The van der Waals surface area contributed by atoms with Gasteiger partial charge in [0.05, 0.1) is 5.69 Å². The zero-order valence-corrected chi connectivity index (χ0v) is 11.1. The molecule has 1 unspecified atom stereocenters. The molecule has 0 spiro atoms. The molecule has 0 aliphatic carbocycles. The molecule has 0 amide bonds. The molecule has 1 saturated heterocycles. The summed E-state index contributed by atoms with van der Waals surface area (Å²) in [6, 6.07) is 5.06. The van der Waals surface area contributed by atoms with Crippen LogP contribution in [0.15, 0.2) is 23.4 Å². The molecule has 1 aromatic rings. The lowest BCUT2D eigenvalue weighted by molar-refractivity contribution is 0.318. The zero-order chi connectivity index (χ0) is 13.8. The average molecular weight is 265 g/mol. The van der Waals surface area contributed by atoms with Crippen molar-refractivity contribution in [2.75, 3.05) is 11.4 Å². The second-order valence-corrected chi connectivity index (χ2v) is 5.04. The molecule has 104 valence electrons. The Morgan fingerprint density at radius 1 is 1.42 bits per heavy atom. The van der Waals surface area contributed by atoms with Crippen LogP contribution in [0.5, 0.6) is 0 Å². The van der Waals surface area contributed by atoms with Gasteiger partial charge in [-0.2, -0.15) is 0 Å². The van der Waals surface area contributed by atoms with E-state index in [0.29, 0.717) is 17.3 Å². The molecule has 4 nitrogen and oxygen atoms in total. The fourth-order valence-electron chi connectivity index (χ4n) is 2.59. The Bertz CT molecular complexity index is 476. The van der Waals surface area contributed by atoms with E-state index in [0.717, 1.165) is 19.4 Å². The molecule has 1 fully saturated rings. The molecule has 5 heteroatoms. The summed E-state index contributed by atoms with van der Waals surface area (Å²) in [7, 11) is 0. The third-order valence-corrected chi connectivity index (χ3v) is 3.71. The highest BCUT2D eigenvalue weighted by Crippen LogP contribution is 2.27. The maximum Gasteiger partial charge on any atom is 0.170 e. The average Bonchev–Trinajstić information content (AvgIpc) is 2.62. The van der Waals surface area contributed by atoms with Gasteiger partial charge in [-0.3, -0.25) is 0 Å². The molecule has 0 saturated carbocycles. The highest BCUT2D eigenvalue weighted by molar-refractivity contribution is 5.97. The van der Waals surface area contributed by atoms with Crippen LogP contribution in [0.3, 0.4) is 0 Å². The Hall–Kier alpha value is -1.78. The molecule has 1 aliphatic rings. The Morgan fingerprint density at radius 3 is 2.89 bits per heavy atom. The van der Waals surface area contributed by atoms with E-state index in [4.69, 9.17) is 10.9 Å². The Balaban J connectivity index is 2.29. The van der Waals surface area contributed by atoms with Crippen LogP contribution < -0.4 is 10.6 Å². The smallest absolute Gasteiger partial charge is 0.170 e. The summed E-state index contributed by atoms with van der Waals surface area (Å²) < 4.78 is 14.2. The summed E-state index contributed by atoms with van der Waals surface area (Å²) in [5.41, 5.74) is 6.46. The fourth-order valence-corrected chi connectivity index (χ4v) is 2.59. The van der Waals surface area contributed by atoms with E-state index in [1.165, 1.54) is 18.9 Å². The largest absolute Gasteiger partial charge is 0.409 e. The second kappa shape index (κ2) is 5.91. The normalized spacial score (nSPS) is 21.3. The van der Waals surface area contributed by atoms with E-state index in [-0.39, 0.29) is 11.7 Å². The van der Waals surface area contributed by atoms with Crippen LogP contribution in [0.25, 0.3) is 0 Å². The first-order valence-corrected chi connectivity index (χ1v) is 6.67. The molecule has 0 radical (unpaired) electrons. The van der Waals surface area contributed by atoms with Crippen molar-refractivity contribution in [3.63, 3.8) is 0 Å². The molecule has 1 aliphatic heterocycles. The van der Waals surface area contributed by atoms with Gasteiger partial charge in [0.1, 0.15) is 5.82 Å². The maximum absolute atomic E-state index is 14.2. The van der Waals surface area contributed by atoms with Gasteiger partial charge >= 0.3 is 0 Å². The molecule has 1 aromatic carbocycles. The number of halogens is 1. The predicted octanol–water partition coefficient (Wildman–Crippen LogP) is 2.69. The summed E-state index contributed by atoms with van der Waals surface area (Å²) in [6.07, 6.45) is 4.57. The summed E-state index contributed by atoms with van der Waals surface area (Å²) in [5, 5.41) is 11.5. The number of oxime groups is 1. The Labute approximate surface area is 112 Å². The summed E-state index contributed by atoms with van der Waals surface area (Å²) in [5.74, 6) is -0.396. The molecule has 0 bridgehead atoms. The Morgan fingerprint density at radius 2 is 2.21 bits per heavy atom. The maximum atomic E-state index is 14.2. The van der Waals surface area contributed by atoms with Crippen LogP contribution in [-0.2, 0) is 0 Å². The summed E-state index contributed by atoms with van der Waals surface area (Å²) in [6.45, 7) is 3.00. The van der Waals surface area contributed by atoms with Crippen LogP contribution in [0.1, 0.15) is 38.2 Å². The number of nitrogens with two attached hydrogens (primary N) is 1. The van der Waals surface area contributed by atoms with Gasteiger partial charge in [0.15, 0.2) is 5.84 Å². The van der Waals surface area contributed by atoms with Crippen molar-refractivity contribution < 1.29 is 9.60 Å². The summed E-state index contributed by atoms with van der Waals surface area (Å²) in [4.78, 5) is 2.11. The lowest BCUT2D eigenvalue weighted by Gasteiger charge is -2.29. The van der Waals surface area contributed by atoms with E-state index < -0.39 is 0 Å². The van der Waals surface area contributed by atoms with Gasteiger partial charge < -0.3 is 15.8 Å². The fraction of sp³-hybridized carbons (Fsp3) is 0.500. The van der Waals surface area contributed by atoms with E-state index in [2.05, 4.69) is 17.0 Å². The molecule has 2 rings (SSSR count). The number of anilines is 1. The van der Waals surface area contributed by atoms with Gasteiger partial charge in [-0.1, -0.05) is 18.0 Å². The number of rotatable bonds is 2. The molecular weight excluding hydrogens is 245 g/mol. The highest BCUT2D eigenvalue weighted by Gasteiger charge is 2.20. The van der Waals surface area contributed by atoms with E-state index in [1.807, 2.05) is 0 Å². The van der Waals surface area contributed by atoms with Crippen LogP contribution in [0.4, 0.5) is 10.1 Å². The number of hydrogen-bond acceptors (Lipinski definition) is 3. The third kappa shape index (κ3) is 2.97. The number of amidine groups is 1. The van der Waals surface area contributed by atoms with Gasteiger partial charge in [-0.15, -0.1) is 0 Å². The molecule has 1 atom stereocenters. The van der Waals surface area contributed by atoms with Crippen molar-refractivity contribution >= 4 is 11.5 Å². The van der Waals surface area contributed by atoms with E-state index in [9.17, 15) is 4.39 Å². The number of nitrogens with zero attached hydrogens (tertiary/aromatic N) is 2. The third-order valence-electron chi connectivity index (χ3n) is 3.71.